The highest BCUT2D eigenvalue weighted by Gasteiger charge is 2.35. The van der Waals surface area contributed by atoms with Crippen LogP contribution in [0.3, 0.4) is 0 Å². The SMILES string of the molecule is N[C@@H]1CCC[C@H]1CC(=O)NCC1(c2cccc(Cl)c2)CCOCC1. The largest absolute Gasteiger partial charge is 0.381 e. The van der Waals surface area contributed by atoms with Gasteiger partial charge in [-0.1, -0.05) is 30.2 Å². The van der Waals surface area contributed by atoms with E-state index >= 15 is 0 Å². The fraction of sp³-hybridized carbons (Fsp3) is 0.632. The van der Waals surface area contributed by atoms with Gasteiger partial charge in [0.1, 0.15) is 0 Å². The number of nitrogens with one attached hydrogen (secondary N) is 1. The Morgan fingerprint density at radius 2 is 2.12 bits per heavy atom. The monoisotopic (exact) mass is 350 g/mol. The Bertz CT molecular complexity index is 572. The van der Waals surface area contributed by atoms with Gasteiger partial charge in [0, 0.05) is 42.7 Å². The minimum Gasteiger partial charge on any atom is -0.381 e. The number of benzene rings is 1. The molecule has 1 saturated carbocycles. The van der Waals surface area contributed by atoms with Gasteiger partial charge in [0.05, 0.1) is 0 Å². The maximum atomic E-state index is 12.4. The van der Waals surface area contributed by atoms with Gasteiger partial charge in [-0.2, -0.15) is 0 Å². The lowest BCUT2D eigenvalue weighted by molar-refractivity contribution is -0.122. The smallest absolute Gasteiger partial charge is 0.220 e. The molecule has 3 N–H and O–H groups in total. The number of ether oxygens (including phenoxy) is 1. The van der Waals surface area contributed by atoms with Crippen LogP contribution >= 0.6 is 11.6 Å². The zero-order chi connectivity index (χ0) is 17.0. The van der Waals surface area contributed by atoms with E-state index in [4.69, 9.17) is 22.1 Å². The van der Waals surface area contributed by atoms with E-state index in [1.807, 2.05) is 18.2 Å². The maximum absolute atomic E-state index is 12.4. The molecule has 24 heavy (non-hydrogen) atoms. The summed E-state index contributed by atoms with van der Waals surface area (Å²) in [6.45, 7) is 2.07. The van der Waals surface area contributed by atoms with Gasteiger partial charge in [-0.05, 0) is 49.3 Å². The van der Waals surface area contributed by atoms with Crippen molar-refractivity contribution in [3.05, 3.63) is 34.9 Å². The Balaban J connectivity index is 1.65. The molecule has 1 aromatic carbocycles. The van der Waals surface area contributed by atoms with Crippen LogP contribution in [0.4, 0.5) is 0 Å². The van der Waals surface area contributed by atoms with Crippen molar-refractivity contribution < 1.29 is 9.53 Å². The van der Waals surface area contributed by atoms with E-state index in [-0.39, 0.29) is 17.4 Å². The van der Waals surface area contributed by atoms with Crippen LogP contribution in [0.5, 0.6) is 0 Å². The van der Waals surface area contributed by atoms with Crippen LogP contribution in [0, 0.1) is 5.92 Å². The Hall–Kier alpha value is -1.10. The summed E-state index contributed by atoms with van der Waals surface area (Å²) >= 11 is 6.19. The van der Waals surface area contributed by atoms with E-state index in [1.165, 1.54) is 5.56 Å². The molecule has 4 nitrogen and oxygen atoms in total. The Morgan fingerprint density at radius 1 is 1.33 bits per heavy atom. The van der Waals surface area contributed by atoms with Crippen LogP contribution in [-0.4, -0.2) is 31.7 Å². The number of rotatable bonds is 5. The highest BCUT2D eigenvalue weighted by molar-refractivity contribution is 6.30. The summed E-state index contributed by atoms with van der Waals surface area (Å²) in [6, 6.07) is 8.18. The number of carbonyl (C=O) groups excluding carboxylic acids is 1. The van der Waals surface area contributed by atoms with Crippen molar-refractivity contribution in [3.63, 3.8) is 0 Å². The van der Waals surface area contributed by atoms with Gasteiger partial charge in [-0.15, -0.1) is 0 Å². The number of carbonyl (C=O) groups is 1. The molecule has 0 unspecified atom stereocenters. The molecule has 0 bridgehead atoms. The molecule has 132 valence electrons. The number of hydrogen-bond acceptors (Lipinski definition) is 3. The summed E-state index contributed by atoms with van der Waals surface area (Å²) < 4.78 is 5.54. The molecule has 1 aliphatic heterocycles. The summed E-state index contributed by atoms with van der Waals surface area (Å²) in [5.41, 5.74) is 7.19. The number of halogens is 1. The normalized spacial score (nSPS) is 26.2. The zero-order valence-corrected chi connectivity index (χ0v) is 14.9. The third kappa shape index (κ3) is 4.11. The van der Waals surface area contributed by atoms with Crippen LogP contribution in [0.25, 0.3) is 0 Å². The van der Waals surface area contributed by atoms with Gasteiger partial charge < -0.3 is 15.8 Å². The van der Waals surface area contributed by atoms with Crippen molar-refractivity contribution in [3.8, 4) is 0 Å². The lowest BCUT2D eigenvalue weighted by atomic mass is 9.74. The van der Waals surface area contributed by atoms with Crippen LogP contribution in [-0.2, 0) is 14.9 Å². The fourth-order valence-corrected chi connectivity index (χ4v) is 4.24. The first-order valence-corrected chi connectivity index (χ1v) is 9.33. The van der Waals surface area contributed by atoms with Crippen LogP contribution in [0.2, 0.25) is 5.02 Å². The summed E-state index contributed by atoms with van der Waals surface area (Å²) in [4.78, 5) is 12.4. The molecule has 1 aliphatic carbocycles. The summed E-state index contributed by atoms with van der Waals surface area (Å²) in [5, 5.41) is 3.90. The van der Waals surface area contributed by atoms with E-state index < -0.39 is 0 Å². The molecular weight excluding hydrogens is 324 g/mol. The minimum atomic E-state index is -0.0867. The molecule has 1 saturated heterocycles. The molecule has 1 heterocycles. The quantitative estimate of drug-likeness (QED) is 0.857. The van der Waals surface area contributed by atoms with Crippen LogP contribution in [0.15, 0.2) is 24.3 Å². The zero-order valence-electron chi connectivity index (χ0n) is 14.1. The predicted octanol–water partition coefficient (Wildman–Crippen LogP) is 3.02. The molecule has 2 atom stereocenters. The topological polar surface area (TPSA) is 64.4 Å². The Labute approximate surface area is 149 Å². The number of nitrogens with two attached hydrogens (primary N) is 1. The van der Waals surface area contributed by atoms with E-state index in [0.717, 1.165) is 50.3 Å². The van der Waals surface area contributed by atoms with Crippen LogP contribution in [0.1, 0.15) is 44.1 Å². The summed E-state index contributed by atoms with van der Waals surface area (Å²) in [5.74, 6) is 0.451. The maximum Gasteiger partial charge on any atom is 0.220 e. The van der Waals surface area contributed by atoms with Gasteiger partial charge in [0.2, 0.25) is 5.91 Å². The number of hydrogen-bond donors (Lipinski definition) is 2. The van der Waals surface area contributed by atoms with Gasteiger partial charge >= 0.3 is 0 Å². The molecule has 3 rings (SSSR count). The predicted molar refractivity (Wildman–Crippen MR) is 96.1 cm³/mol. The average Bonchev–Trinajstić information content (AvgIpc) is 2.99. The van der Waals surface area contributed by atoms with Gasteiger partial charge in [-0.25, -0.2) is 0 Å². The van der Waals surface area contributed by atoms with Crippen molar-refractivity contribution >= 4 is 17.5 Å². The molecule has 1 amide bonds. The van der Waals surface area contributed by atoms with E-state index in [2.05, 4.69) is 11.4 Å². The second-order valence-corrected chi connectivity index (χ2v) is 7.68. The van der Waals surface area contributed by atoms with Crippen molar-refractivity contribution in [2.24, 2.45) is 11.7 Å². The average molecular weight is 351 g/mol. The first-order valence-electron chi connectivity index (χ1n) is 8.95. The van der Waals surface area contributed by atoms with Crippen molar-refractivity contribution in [2.75, 3.05) is 19.8 Å². The number of amides is 1. The highest BCUT2D eigenvalue weighted by Crippen LogP contribution is 2.35. The molecule has 0 spiro atoms. The van der Waals surface area contributed by atoms with Crippen molar-refractivity contribution in [1.29, 1.82) is 0 Å². The molecule has 0 radical (unpaired) electrons. The van der Waals surface area contributed by atoms with Gasteiger partial charge in [0.15, 0.2) is 0 Å². The van der Waals surface area contributed by atoms with E-state index in [9.17, 15) is 4.79 Å². The third-order valence-electron chi connectivity index (χ3n) is 5.68. The van der Waals surface area contributed by atoms with Crippen molar-refractivity contribution in [2.45, 2.75) is 50.0 Å². The molecule has 2 aliphatic rings. The molecule has 0 aromatic heterocycles. The molecule has 2 fully saturated rings. The lowest BCUT2D eigenvalue weighted by Gasteiger charge is -2.38. The standard InChI is InChI=1S/C19H27ClN2O2/c20-16-5-2-4-15(12-16)19(7-9-24-10-8-19)13-22-18(23)11-14-3-1-6-17(14)21/h2,4-5,12,14,17H,1,3,6-11,13,21H2,(H,22,23)/t14-,17+/m0/s1. The van der Waals surface area contributed by atoms with Gasteiger partial charge in [0.25, 0.3) is 0 Å². The molecule has 1 aromatic rings. The second-order valence-electron chi connectivity index (χ2n) is 7.24. The van der Waals surface area contributed by atoms with Crippen LogP contribution < -0.4 is 11.1 Å². The highest BCUT2D eigenvalue weighted by atomic mass is 35.5. The van der Waals surface area contributed by atoms with Gasteiger partial charge in [-0.3, -0.25) is 4.79 Å². The second kappa shape index (κ2) is 7.85. The molecular formula is C19H27ClN2O2. The van der Waals surface area contributed by atoms with Crippen molar-refractivity contribution in [1.82, 2.24) is 5.32 Å². The minimum absolute atomic E-state index is 0.0867. The Morgan fingerprint density at radius 3 is 2.79 bits per heavy atom. The molecule has 5 heteroatoms. The lowest BCUT2D eigenvalue weighted by Crippen LogP contribution is -2.45. The fourth-order valence-electron chi connectivity index (χ4n) is 4.05. The summed E-state index contributed by atoms with van der Waals surface area (Å²) in [6.07, 6.45) is 5.60. The third-order valence-corrected chi connectivity index (χ3v) is 5.91. The first-order chi connectivity index (χ1) is 11.6. The first kappa shape index (κ1) is 17.7. The Kier molecular flexibility index (Phi) is 5.80. The van der Waals surface area contributed by atoms with E-state index in [0.29, 0.717) is 18.9 Å². The van der Waals surface area contributed by atoms with E-state index in [1.54, 1.807) is 0 Å². The summed E-state index contributed by atoms with van der Waals surface area (Å²) in [7, 11) is 0.